The molecule has 0 bridgehead atoms. The van der Waals surface area contributed by atoms with Crippen molar-refractivity contribution in [2.75, 3.05) is 5.75 Å². The largest absolute Gasteiger partial charge is 0.444 e. The van der Waals surface area contributed by atoms with Gasteiger partial charge in [-0.25, -0.2) is 4.79 Å². The van der Waals surface area contributed by atoms with Crippen LogP contribution in [0.1, 0.15) is 26.3 Å². The van der Waals surface area contributed by atoms with Gasteiger partial charge in [-0.3, -0.25) is 4.21 Å². The molecule has 0 radical (unpaired) electrons. The fourth-order valence-electron chi connectivity index (χ4n) is 1.79. The van der Waals surface area contributed by atoms with Crippen LogP contribution in [0.4, 0.5) is 4.79 Å². The Morgan fingerprint density at radius 3 is 2.52 bits per heavy atom. The Morgan fingerprint density at radius 1 is 1.38 bits per heavy atom. The highest BCUT2D eigenvalue weighted by atomic mass is 32.2. The lowest BCUT2D eigenvalue weighted by atomic mass is 10.1. The van der Waals surface area contributed by atoms with Gasteiger partial charge in [-0.2, -0.15) is 0 Å². The zero-order valence-electron chi connectivity index (χ0n) is 12.8. The number of nitrogens with one attached hydrogen (secondary N) is 1. The van der Waals surface area contributed by atoms with Crippen molar-refractivity contribution in [2.24, 2.45) is 0 Å². The highest BCUT2D eigenvalue weighted by Crippen LogP contribution is 2.09. The third-order valence-electron chi connectivity index (χ3n) is 2.60. The lowest BCUT2D eigenvalue weighted by Crippen LogP contribution is -2.42. The summed E-state index contributed by atoms with van der Waals surface area (Å²) in [7, 11) is -1.18. The first-order chi connectivity index (χ1) is 9.80. The van der Waals surface area contributed by atoms with E-state index in [2.05, 4.69) is 11.9 Å². The lowest BCUT2D eigenvalue weighted by molar-refractivity contribution is 0.0509. The van der Waals surface area contributed by atoms with Crippen molar-refractivity contribution in [2.45, 2.75) is 38.8 Å². The normalized spacial score (nSPS) is 14.0. The van der Waals surface area contributed by atoms with Crippen molar-refractivity contribution in [3.8, 4) is 0 Å². The average Bonchev–Trinajstić information content (AvgIpc) is 2.37. The molecule has 5 heteroatoms. The summed E-state index contributed by atoms with van der Waals surface area (Å²) in [5, 5.41) is 4.17. The number of rotatable bonds is 6. The van der Waals surface area contributed by atoms with Crippen LogP contribution in [0.3, 0.4) is 0 Å². The van der Waals surface area contributed by atoms with E-state index in [9.17, 15) is 9.00 Å². The van der Waals surface area contributed by atoms with Gasteiger partial charge in [0.2, 0.25) is 0 Å². The maximum absolute atomic E-state index is 11.9. The van der Waals surface area contributed by atoms with Gasteiger partial charge in [-0.05, 0) is 38.2 Å². The van der Waals surface area contributed by atoms with Crippen LogP contribution in [0, 0.1) is 0 Å². The lowest BCUT2D eigenvalue weighted by Gasteiger charge is -2.23. The summed E-state index contributed by atoms with van der Waals surface area (Å²) >= 11 is 0. The predicted octanol–water partition coefficient (Wildman–Crippen LogP) is 3.01. The van der Waals surface area contributed by atoms with Gasteiger partial charge in [0.25, 0.3) is 0 Å². The Hall–Kier alpha value is -1.62. The van der Waals surface area contributed by atoms with Crippen LogP contribution < -0.4 is 5.32 Å². The first kappa shape index (κ1) is 17.4. The minimum absolute atomic E-state index is 0.263. The van der Waals surface area contributed by atoms with Crippen LogP contribution in [-0.2, 0) is 22.0 Å². The number of alkyl carbamates (subject to hydrolysis) is 1. The summed E-state index contributed by atoms with van der Waals surface area (Å²) in [4.78, 5) is 11.9. The van der Waals surface area contributed by atoms with Crippen LogP contribution in [0.15, 0.2) is 42.3 Å². The highest BCUT2D eigenvalue weighted by Gasteiger charge is 2.20. The summed E-state index contributed by atoms with van der Waals surface area (Å²) in [6.07, 6.45) is 0.101. The van der Waals surface area contributed by atoms with E-state index in [1.165, 1.54) is 5.41 Å². The molecule has 0 saturated carbocycles. The first-order valence-electron chi connectivity index (χ1n) is 6.83. The Labute approximate surface area is 129 Å². The molecule has 116 valence electrons. The van der Waals surface area contributed by atoms with Gasteiger partial charge in [0, 0.05) is 22.6 Å². The number of ether oxygens (including phenoxy) is 1. The van der Waals surface area contributed by atoms with Gasteiger partial charge in [0.1, 0.15) is 5.60 Å². The molecule has 1 aromatic rings. The first-order valence-corrected chi connectivity index (χ1v) is 8.21. The second-order valence-corrected chi connectivity index (χ2v) is 7.18. The second kappa shape index (κ2) is 7.98. The molecular formula is C16H23NO3S. The molecule has 4 nitrogen and oxygen atoms in total. The van der Waals surface area contributed by atoms with Crippen molar-refractivity contribution in [1.29, 1.82) is 0 Å². The molecule has 0 fully saturated rings. The van der Waals surface area contributed by atoms with Crippen LogP contribution >= 0.6 is 0 Å². The minimum atomic E-state index is -1.18. The summed E-state index contributed by atoms with van der Waals surface area (Å²) in [5.74, 6) is 0.317. The molecule has 1 N–H and O–H groups in total. The molecule has 0 aromatic heterocycles. The summed E-state index contributed by atoms with van der Waals surface area (Å²) in [6, 6.07) is 9.48. The highest BCUT2D eigenvalue weighted by molar-refractivity contribution is 7.87. The maximum atomic E-state index is 11.9. The van der Waals surface area contributed by atoms with Crippen LogP contribution in [0.25, 0.3) is 0 Å². The van der Waals surface area contributed by atoms with E-state index in [4.69, 9.17) is 4.74 Å². The Balaban J connectivity index is 2.70. The summed E-state index contributed by atoms with van der Waals surface area (Å²) < 4.78 is 16.9. The molecule has 0 spiro atoms. The number of hydrogen-bond donors (Lipinski definition) is 1. The van der Waals surface area contributed by atoms with Gasteiger partial charge in [-0.15, -0.1) is 0 Å². The Kier molecular flexibility index (Phi) is 6.62. The topological polar surface area (TPSA) is 55.4 Å². The number of benzene rings is 1. The molecule has 0 heterocycles. The molecule has 21 heavy (non-hydrogen) atoms. The zero-order valence-corrected chi connectivity index (χ0v) is 13.6. The van der Waals surface area contributed by atoms with Gasteiger partial charge in [-0.1, -0.05) is 36.9 Å². The molecule has 1 rings (SSSR count). The molecule has 0 saturated heterocycles. The summed E-state index contributed by atoms with van der Waals surface area (Å²) in [5.41, 5.74) is 0.513. The molecule has 0 aliphatic carbocycles. The van der Waals surface area contributed by atoms with E-state index in [0.29, 0.717) is 12.2 Å². The molecule has 1 amide bonds. The number of carbonyl (C=O) groups excluding carboxylic acids is 1. The van der Waals surface area contributed by atoms with E-state index < -0.39 is 22.5 Å². The van der Waals surface area contributed by atoms with Crippen molar-refractivity contribution in [3.05, 3.63) is 47.9 Å². The van der Waals surface area contributed by atoms with Gasteiger partial charge >= 0.3 is 6.09 Å². The monoisotopic (exact) mass is 309 g/mol. The molecule has 0 aliphatic rings. The fourth-order valence-corrected chi connectivity index (χ4v) is 2.52. The molecule has 2 atom stereocenters. The third-order valence-corrected chi connectivity index (χ3v) is 3.70. The molecular weight excluding hydrogens is 286 g/mol. The van der Waals surface area contributed by atoms with E-state index in [-0.39, 0.29) is 6.04 Å². The maximum Gasteiger partial charge on any atom is 0.407 e. The van der Waals surface area contributed by atoms with E-state index >= 15 is 0 Å². The third kappa shape index (κ3) is 7.66. The van der Waals surface area contributed by atoms with Crippen molar-refractivity contribution in [1.82, 2.24) is 5.32 Å². The number of hydrogen-bond acceptors (Lipinski definition) is 3. The Bertz CT molecular complexity index is 494. The molecule has 1 aromatic carbocycles. The fraction of sp³-hybridized carbons (Fsp3) is 0.438. The van der Waals surface area contributed by atoms with E-state index in [0.717, 1.165) is 5.56 Å². The van der Waals surface area contributed by atoms with Gasteiger partial charge in [0.15, 0.2) is 0 Å². The van der Waals surface area contributed by atoms with Crippen LogP contribution in [0.5, 0.6) is 0 Å². The molecule has 2 unspecified atom stereocenters. The van der Waals surface area contributed by atoms with Crippen LogP contribution in [-0.4, -0.2) is 27.7 Å². The van der Waals surface area contributed by atoms with Crippen LogP contribution in [0.2, 0.25) is 0 Å². The number of carbonyl (C=O) groups is 1. The average molecular weight is 309 g/mol. The predicted molar refractivity (Wildman–Crippen MR) is 86.5 cm³/mol. The van der Waals surface area contributed by atoms with E-state index in [1.54, 1.807) is 20.8 Å². The van der Waals surface area contributed by atoms with Crippen molar-refractivity contribution in [3.63, 3.8) is 0 Å². The quantitative estimate of drug-likeness (QED) is 0.879. The summed E-state index contributed by atoms with van der Waals surface area (Å²) in [6.45, 7) is 8.93. The van der Waals surface area contributed by atoms with Crippen molar-refractivity contribution < 1.29 is 13.7 Å². The minimum Gasteiger partial charge on any atom is -0.444 e. The zero-order chi connectivity index (χ0) is 15.9. The smallest absolute Gasteiger partial charge is 0.407 e. The Morgan fingerprint density at radius 2 is 2.00 bits per heavy atom. The van der Waals surface area contributed by atoms with Gasteiger partial charge < -0.3 is 10.1 Å². The SMILES string of the molecule is C=CS(=O)CC(Cc1ccccc1)NC(=O)OC(C)(C)C. The second-order valence-electron chi connectivity index (χ2n) is 5.75. The van der Waals surface area contributed by atoms with E-state index in [1.807, 2.05) is 30.3 Å². The van der Waals surface area contributed by atoms with Gasteiger partial charge in [0.05, 0.1) is 0 Å². The standard InChI is InChI=1S/C16H23NO3S/c1-5-21(19)12-14(11-13-9-7-6-8-10-13)17-15(18)20-16(2,3)4/h5-10,14H,1,11-12H2,2-4H3,(H,17,18). The van der Waals surface area contributed by atoms with Crippen molar-refractivity contribution >= 4 is 16.9 Å². The molecule has 0 aliphatic heterocycles. The number of amides is 1.